The Kier molecular flexibility index (Phi) is 28.2. The maximum absolute atomic E-state index is 9.92. The zero-order valence-corrected chi connectivity index (χ0v) is 24.2. The Morgan fingerprint density at radius 3 is 0.762 bits per heavy atom. The molecule has 0 atom stereocenters. The molecule has 0 unspecified atom stereocenters. The van der Waals surface area contributed by atoms with Crippen LogP contribution >= 0.6 is 0 Å². The van der Waals surface area contributed by atoms with E-state index in [9.17, 15) is 60.7 Å². The second-order valence-electron chi connectivity index (χ2n) is 5.17. The predicted octanol–water partition coefficient (Wildman–Crippen LogP) is 0.618. The number of nitriles is 2. The van der Waals surface area contributed by atoms with Gasteiger partial charge in [0.25, 0.3) is 0 Å². The quantitative estimate of drug-likeness (QED) is 0.186. The van der Waals surface area contributed by atoms with E-state index in [4.69, 9.17) is 10.5 Å². The summed E-state index contributed by atoms with van der Waals surface area (Å²) in [6.07, 6.45) is 0. The Hall–Kier alpha value is -4.77. The maximum atomic E-state index is 9.92. The molecule has 0 N–H and O–H groups in total. The van der Waals surface area contributed by atoms with Gasteiger partial charge in [-0.15, -0.1) is 0 Å². The first kappa shape index (κ1) is 47.0. The molecule has 0 bridgehead atoms. The van der Waals surface area contributed by atoms with Crippen LogP contribution in [0.5, 0.6) is 0 Å². The van der Waals surface area contributed by atoms with E-state index < -0.39 is 64.4 Å². The summed E-state index contributed by atoms with van der Waals surface area (Å²) in [5, 5.41) is 91.8. The minimum atomic E-state index is -0.847. The summed E-state index contributed by atoms with van der Waals surface area (Å²) in [5.74, 6) is -3.68. The summed E-state index contributed by atoms with van der Waals surface area (Å²) in [6, 6.07) is 5.58. The van der Waals surface area contributed by atoms with E-state index in [1.165, 1.54) is 13.8 Å². The van der Waals surface area contributed by atoms with Crippen molar-refractivity contribution in [1.29, 1.82) is 10.5 Å². The topological polar surface area (TPSA) is 387 Å². The average Bonchev–Trinajstić information content (AvgIpc) is 3.62. The number of nitro groups is 6. The van der Waals surface area contributed by atoms with E-state index in [-0.39, 0.29) is 67.1 Å². The number of nitrogens with zero attached hydrogens (tertiary/aromatic N) is 14. The van der Waals surface area contributed by atoms with Crippen LogP contribution in [0.4, 0.5) is 34.9 Å². The Bertz CT molecular complexity index is 1160. The number of rotatable bonds is 6. The van der Waals surface area contributed by atoms with Gasteiger partial charge in [0.1, 0.15) is 0 Å². The Labute approximate surface area is 276 Å². The molecule has 0 aromatic carbocycles. The van der Waals surface area contributed by atoms with Crippen molar-refractivity contribution in [2.75, 3.05) is 0 Å². The van der Waals surface area contributed by atoms with Crippen molar-refractivity contribution in [3.63, 3.8) is 0 Å². The van der Waals surface area contributed by atoms with E-state index in [0.29, 0.717) is 18.2 Å². The van der Waals surface area contributed by atoms with Crippen LogP contribution in [-0.2, 0) is 67.1 Å². The van der Waals surface area contributed by atoms with Crippen LogP contribution in [0.15, 0.2) is 18.2 Å². The van der Waals surface area contributed by atoms with Gasteiger partial charge in [0.2, 0.25) is 17.5 Å². The fourth-order valence-corrected chi connectivity index (χ4v) is 1.36. The van der Waals surface area contributed by atoms with Gasteiger partial charge in [0.05, 0.1) is 45.6 Å². The third-order valence-corrected chi connectivity index (χ3v) is 2.66. The monoisotopic (exact) mass is 874 g/mol. The van der Waals surface area contributed by atoms with Crippen molar-refractivity contribution >= 4 is 34.9 Å². The molecular weight excluding hydrogens is 868 g/mol. The Morgan fingerprint density at radius 1 is 0.524 bits per heavy atom. The molecule has 0 aliphatic carbocycles. The van der Waals surface area contributed by atoms with Gasteiger partial charge in [0.15, 0.2) is 0 Å². The van der Waals surface area contributed by atoms with Gasteiger partial charge in [-0.05, 0) is 30.1 Å². The van der Waals surface area contributed by atoms with Crippen LogP contribution in [0.2, 0.25) is 0 Å². The largest absolute Gasteiger partial charge is 1.00 e. The molecule has 0 saturated carbocycles. The van der Waals surface area contributed by atoms with Crippen LogP contribution < -0.4 is 15.3 Å². The molecular formula is C13H9Ag3N14O12. The van der Waals surface area contributed by atoms with Gasteiger partial charge in [-0.1, -0.05) is 0 Å². The van der Waals surface area contributed by atoms with Crippen molar-refractivity contribution in [3.8, 4) is 12.1 Å². The predicted molar refractivity (Wildman–Crippen MR) is 115 cm³/mol. The summed E-state index contributed by atoms with van der Waals surface area (Å²) < 4.78 is 0. The molecule has 0 radical (unpaired) electrons. The first-order valence-corrected chi connectivity index (χ1v) is 8.65. The van der Waals surface area contributed by atoms with Crippen LogP contribution in [0, 0.1) is 83.3 Å². The summed E-state index contributed by atoms with van der Waals surface area (Å²) in [6.45, 7) is 2.86. The van der Waals surface area contributed by atoms with Crippen LogP contribution in [-0.4, -0.2) is 44.8 Å². The Morgan fingerprint density at radius 2 is 0.690 bits per heavy atom. The molecule has 0 fully saturated rings. The number of hydrogen-bond donors (Lipinski definition) is 0. The van der Waals surface area contributed by atoms with Crippen molar-refractivity contribution in [3.05, 3.63) is 78.9 Å². The van der Waals surface area contributed by atoms with Gasteiger partial charge >= 0.3 is 84.6 Å². The standard InChI is InChI=1S/3C3HN4O4.2C2H3N.3Ag/c3*8-6(9)2-1-3(5-4-2)7(10)11;2*1-2-3;;;/h3*1H;2*1H3;;;/q3*-1;;;3*+1. The molecule has 0 aliphatic rings. The third-order valence-electron chi connectivity index (χ3n) is 2.66. The molecule has 26 nitrogen and oxygen atoms in total. The zero-order valence-electron chi connectivity index (χ0n) is 19.8. The van der Waals surface area contributed by atoms with Gasteiger partial charge in [-0.3, -0.25) is 0 Å². The minimum Gasteiger partial charge on any atom is -0.459 e. The van der Waals surface area contributed by atoms with Gasteiger partial charge in [-0.25, -0.2) is 0 Å². The fraction of sp³-hybridized carbons (Fsp3) is 0.154. The van der Waals surface area contributed by atoms with Crippen molar-refractivity contribution < 1.29 is 96.7 Å². The van der Waals surface area contributed by atoms with Crippen molar-refractivity contribution in [1.82, 2.24) is 30.6 Å². The molecule has 0 amide bonds. The first-order chi connectivity index (χ1) is 18.2. The maximum Gasteiger partial charge on any atom is 1.00 e. The molecule has 0 spiro atoms. The third kappa shape index (κ3) is 19.3. The van der Waals surface area contributed by atoms with Crippen LogP contribution in [0.25, 0.3) is 0 Å². The number of aromatic nitrogens is 6. The van der Waals surface area contributed by atoms with Gasteiger partial charge in [-0.2, -0.15) is 25.3 Å². The van der Waals surface area contributed by atoms with E-state index in [0.717, 1.165) is 0 Å². The van der Waals surface area contributed by atoms with Crippen LogP contribution in [0.3, 0.4) is 0 Å². The number of hydrogen-bond acceptors (Lipinski definition) is 17. The van der Waals surface area contributed by atoms with E-state index in [1.807, 2.05) is 0 Å². The smallest absolute Gasteiger partial charge is 0.459 e. The fourth-order valence-electron chi connectivity index (χ4n) is 1.36. The second kappa shape index (κ2) is 25.2. The summed E-state index contributed by atoms with van der Waals surface area (Å²) in [4.78, 5) is 54.4. The average molecular weight is 877 g/mol. The summed E-state index contributed by atoms with van der Waals surface area (Å²) in [7, 11) is 0. The summed E-state index contributed by atoms with van der Waals surface area (Å²) in [5.41, 5.74) is 0. The van der Waals surface area contributed by atoms with E-state index >= 15 is 0 Å². The first-order valence-electron chi connectivity index (χ1n) is 8.65. The van der Waals surface area contributed by atoms with E-state index in [1.54, 1.807) is 12.1 Å². The van der Waals surface area contributed by atoms with Crippen LogP contribution in [0.1, 0.15) is 13.8 Å². The van der Waals surface area contributed by atoms with Crippen molar-refractivity contribution in [2.45, 2.75) is 13.8 Å². The van der Waals surface area contributed by atoms with Gasteiger partial charge in [0, 0.05) is 13.8 Å². The molecule has 0 saturated heterocycles. The molecule has 3 heterocycles. The second-order valence-corrected chi connectivity index (χ2v) is 5.17. The molecule has 3 rings (SSSR count). The Balaban J connectivity index is -0.000000144. The van der Waals surface area contributed by atoms with Crippen molar-refractivity contribution in [2.24, 2.45) is 0 Å². The molecule has 29 heteroatoms. The van der Waals surface area contributed by atoms with Gasteiger partial charge < -0.3 is 60.7 Å². The zero-order chi connectivity index (χ0) is 30.7. The molecule has 3 aromatic rings. The molecule has 0 aliphatic heterocycles. The normalized spacial score (nSPS) is 7.81. The summed E-state index contributed by atoms with van der Waals surface area (Å²) >= 11 is 0. The minimum absolute atomic E-state index is 0. The SMILES string of the molecule is CC#N.CC#N.O=[N+]([O-])c1cc([N+](=O)[O-])[n-]n1.O=[N+]([O-])c1cc([N+](=O)[O-])[n-]n1.O=[N+]([O-])c1cc([N+](=O)[O-])[n-]n1.[Ag+].[Ag+].[Ag+]. The molecule has 42 heavy (non-hydrogen) atoms. The molecule has 3 aromatic heterocycles. The molecule has 236 valence electrons. The van der Waals surface area contributed by atoms with E-state index in [2.05, 4.69) is 30.6 Å².